The summed E-state index contributed by atoms with van der Waals surface area (Å²) in [5.41, 5.74) is 12.0. The minimum atomic E-state index is -0.991. The number of guanidine groups is 1. The predicted molar refractivity (Wildman–Crippen MR) is 119 cm³/mol. The van der Waals surface area contributed by atoms with E-state index in [0.29, 0.717) is 31.7 Å². The molecular formula is C21H26FN7O3. The second kappa shape index (κ2) is 9.94. The molecular weight excluding hydrogens is 417 g/mol. The third kappa shape index (κ3) is 5.42. The molecule has 170 valence electrons. The highest BCUT2D eigenvalue weighted by Crippen LogP contribution is 2.24. The van der Waals surface area contributed by atoms with Crippen LogP contribution in [0.5, 0.6) is 0 Å². The van der Waals surface area contributed by atoms with Crippen molar-refractivity contribution in [2.24, 2.45) is 16.5 Å². The first-order chi connectivity index (χ1) is 15.3. The fraction of sp³-hybridized carbons (Fsp3) is 0.333. The van der Waals surface area contributed by atoms with Gasteiger partial charge in [0.05, 0.1) is 0 Å². The van der Waals surface area contributed by atoms with Crippen LogP contribution in [0.3, 0.4) is 0 Å². The number of hydrogen-bond acceptors (Lipinski definition) is 6. The summed E-state index contributed by atoms with van der Waals surface area (Å²) in [7, 11) is 3.43. The summed E-state index contributed by atoms with van der Waals surface area (Å²) in [6.45, 7) is 2.12. The average molecular weight is 443 g/mol. The largest absolute Gasteiger partial charge is 0.443 e. The summed E-state index contributed by atoms with van der Waals surface area (Å²) in [4.78, 5) is 36.4. The zero-order valence-corrected chi connectivity index (χ0v) is 18.0. The number of aromatic nitrogens is 1. The van der Waals surface area contributed by atoms with Crippen molar-refractivity contribution in [3.05, 3.63) is 53.5 Å². The van der Waals surface area contributed by atoms with Crippen LogP contribution in [-0.2, 0) is 11.3 Å². The molecule has 0 saturated carbocycles. The number of hydrogen-bond donors (Lipinski definition) is 2. The van der Waals surface area contributed by atoms with Crippen molar-refractivity contribution in [3.63, 3.8) is 0 Å². The predicted octanol–water partition coefficient (Wildman–Crippen LogP) is 1.16. The van der Waals surface area contributed by atoms with Crippen LogP contribution in [-0.4, -0.2) is 68.1 Å². The summed E-state index contributed by atoms with van der Waals surface area (Å²) < 4.78 is 19.8. The standard InChI is InChI=1S/C21H26FN7O3/c1-27(2)19(30)14-3-5-16(6-4-14)28-9-11-29(12-10-28)18-17(22)15(7-8-25-18)13-32-21(31)26-20(23)24/h3-8H,9-13H2,1-2H3,(H4,23,24,26,31). The number of benzene rings is 1. The van der Waals surface area contributed by atoms with Gasteiger partial charge in [-0.3, -0.25) is 4.79 Å². The van der Waals surface area contributed by atoms with E-state index >= 15 is 0 Å². The van der Waals surface area contributed by atoms with Crippen LogP contribution >= 0.6 is 0 Å². The molecule has 2 aromatic rings. The number of anilines is 2. The highest BCUT2D eigenvalue weighted by atomic mass is 19.1. The summed E-state index contributed by atoms with van der Waals surface area (Å²) >= 11 is 0. The lowest BCUT2D eigenvalue weighted by molar-refractivity contribution is 0.0827. The zero-order chi connectivity index (χ0) is 23.3. The molecule has 0 unspecified atom stereocenters. The second-order valence-corrected chi connectivity index (χ2v) is 7.42. The lowest BCUT2D eigenvalue weighted by atomic mass is 10.1. The first kappa shape index (κ1) is 22.8. The Hall–Kier alpha value is -3.89. The summed E-state index contributed by atoms with van der Waals surface area (Å²) in [6, 6.07) is 8.87. The molecule has 1 fully saturated rings. The number of amides is 2. The number of rotatable bonds is 5. The number of carbonyl (C=O) groups is 2. The molecule has 0 atom stereocenters. The highest BCUT2D eigenvalue weighted by molar-refractivity contribution is 5.94. The maximum absolute atomic E-state index is 14.9. The topological polar surface area (TPSA) is 130 Å². The molecule has 1 aliphatic heterocycles. The second-order valence-electron chi connectivity index (χ2n) is 7.42. The molecule has 1 aromatic heterocycles. The van der Waals surface area contributed by atoms with Crippen molar-refractivity contribution >= 4 is 29.5 Å². The van der Waals surface area contributed by atoms with Crippen molar-refractivity contribution in [2.45, 2.75) is 6.61 Å². The Bertz CT molecular complexity index is 999. The summed E-state index contributed by atoms with van der Waals surface area (Å²) in [6.07, 6.45) is 0.476. The zero-order valence-electron chi connectivity index (χ0n) is 18.0. The number of pyridine rings is 1. The van der Waals surface area contributed by atoms with Gasteiger partial charge in [0.15, 0.2) is 17.6 Å². The number of nitrogens with two attached hydrogens (primary N) is 2. The molecule has 1 aliphatic rings. The van der Waals surface area contributed by atoms with Gasteiger partial charge in [0.2, 0.25) is 0 Å². The number of piperazine rings is 1. The maximum atomic E-state index is 14.9. The fourth-order valence-corrected chi connectivity index (χ4v) is 3.33. The Balaban J connectivity index is 1.62. The number of nitrogens with zero attached hydrogens (tertiary/aromatic N) is 5. The third-order valence-corrected chi connectivity index (χ3v) is 4.99. The number of aliphatic imine (C=N–C) groups is 1. The smallest absolute Gasteiger partial charge is 0.437 e. The Labute approximate surface area is 185 Å². The Morgan fingerprint density at radius 3 is 2.31 bits per heavy atom. The van der Waals surface area contributed by atoms with Gasteiger partial charge in [0.1, 0.15) is 6.61 Å². The van der Waals surface area contributed by atoms with Crippen molar-refractivity contribution in [2.75, 3.05) is 50.1 Å². The quantitative estimate of drug-likeness (QED) is 0.520. The van der Waals surface area contributed by atoms with Crippen molar-refractivity contribution in [3.8, 4) is 0 Å². The molecule has 10 nitrogen and oxygen atoms in total. The molecule has 0 radical (unpaired) electrons. The maximum Gasteiger partial charge on any atom is 0.437 e. The van der Waals surface area contributed by atoms with Crippen LogP contribution in [0.15, 0.2) is 41.5 Å². The van der Waals surface area contributed by atoms with E-state index < -0.39 is 17.9 Å². The van der Waals surface area contributed by atoms with Gasteiger partial charge in [-0.25, -0.2) is 14.2 Å². The van der Waals surface area contributed by atoms with E-state index in [1.54, 1.807) is 26.2 Å². The molecule has 2 heterocycles. The number of carbonyl (C=O) groups excluding carboxylic acids is 2. The molecule has 1 aromatic carbocycles. The first-order valence-corrected chi connectivity index (χ1v) is 9.97. The third-order valence-electron chi connectivity index (χ3n) is 4.99. The highest BCUT2D eigenvalue weighted by Gasteiger charge is 2.23. The normalized spacial score (nSPS) is 13.5. The van der Waals surface area contributed by atoms with Crippen molar-refractivity contribution < 1.29 is 18.7 Å². The molecule has 32 heavy (non-hydrogen) atoms. The van der Waals surface area contributed by atoms with Gasteiger partial charge in [-0.1, -0.05) is 0 Å². The van der Waals surface area contributed by atoms with E-state index in [1.807, 2.05) is 17.0 Å². The van der Waals surface area contributed by atoms with Gasteiger partial charge < -0.3 is 30.9 Å². The van der Waals surface area contributed by atoms with Gasteiger partial charge in [0, 0.05) is 63.3 Å². The fourth-order valence-electron chi connectivity index (χ4n) is 3.33. The Morgan fingerprint density at radius 2 is 1.72 bits per heavy atom. The van der Waals surface area contributed by atoms with Crippen LogP contribution < -0.4 is 21.3 Å². The Kier molecular flexibility index (Phi) is 7.08. The molecule has 4 N–H and O–H groups in total. The molecule has 0 aliphatic carbocycles. The van der Waals surface area contributed by atoms with E-state index in [0.717, 1.165) is 5.69 Å². The first-order valence-electron chi connectivity index (χ1n) is 9.97. The van der Waals surface area contributed by atoms with Crippen molar-refractivity contribution in [1.29, 1.82) is 0 Å². The summed E-state index contributed by atoms with van der Waals surface area (Å²) in [5, 5.41) is 0. The van der Waals surface area contributed by atoms with E-state index in [4.69, 9.17) is 16.2 Å². The lowest BCUT2D eigenvalue weighted by Gasteiger charge is -2.37. The minimum absolute atomic E-state index is 0.0493. The van der Waals surface area contributed by atoms with Crippen molar-refractivity contribution in [1.82, 2.24) is 9.88 Å². The SMILES string of the molecule is CN(C)C(=O)c1ccc(N2CCN(c3nccc(COC(=O)N=C(N)N)c3F)CC2)cc1. The molecule has 3 rings (SSSR count). The van der Waals surface area contributed by atoms with E-state index in [-0.39, 0.29) is 23.9 Å². The number of ether oxygens (including phenoxy) is 1. The van der Waals surface area contributed by atoms with Crippen LogP contribution in [0, 0.1) is 5.82 Å². The molecule has 2 amide bonds. The molecule has 1 saturated heterocycles. The molecule has 11 heteroatoms. The monoisotopic (exact) mass is 443 g/mol. The van der Waals surface area contributed by atoms with Gasteiger partial charge in [-0.05, 0) is 30.3 Å². The van der Waals surface area contributed by atoms with Gasteiger partial charge >= 0.3 is 6.09 Å². The van der Waals surface area contributed by atoms with Crippen LogP contribution in [0.25, 0.3) is 0 Å². The van der Waals surface area contributed by atoms with Crippen LogP contribution in [0.2, 0.25) is 0 Å². The van der Waals surface area contributed by atoms with Gasteiger partial charge in [0.25, 0.3) is 5.91 Å². The average Bonchev–Trinajstić information content (AvgIpc) is 2.77. The Morgan fingerprint density at radius 1 is 1.09 bits per heavy atom. The molecule has 0 spiro atoms. The van der Waals surface area contributed by atoms with Crippen LogP contribution in [0.4, 0.5) is 20.7 Å². The van der Waals surface area contributed by atoms with E-state index in [2.05, 4.69) is 14.9 Å². The molecule has 0 bridgehead atoms. The van der Waals surface area contributed by atoms with Gasteiger partial charge in [-0.15, -0.1) is 4.99 Å². The van der Waals surface area contributed by atoms with Gasteiger partial charge in [-0.2, -0.15) is 0 Å². The van der Waals surface area contributed by atoms with Crippen LogP contribution in [0.1, 0.15) is 15.9 Å². The lowest BCUT2D eigenvalue weighted by Crippen LogP contribution is -2.47. The van der Waals surface area contributed by atoms with E-state index in [1.165, 1.54) is 17.2 Å². The number of halogens is 1. The minimum Gasteiger partial charge on any atom is -0.443 e. The van der Waals surface area contributed by atoms with E-state index in [9.17, 15) is 14.0 Å². The summed E-state index contributed by atoms with van der Waals surface area (Å²) in [5.74, 6) is -0.827.